The van der Waals surface area contributed by atoms with Crippen LogP contribution in [0, 0.1) is 0 Å². The second-order valence-corrected chi connectivity index (χ2v) is 5.85. The van der Waals surface area contributed by atoms with Crippen molar-refractivity contribution in [3.8, 4) is 0 Å². The number of carbonyl (C=O) groups is 1. The molecule has 0 unspecified atom stereocenters. The van der Waals surface area contributed by atoms with Crippen LogP contribution in [0.1, 0.15) is 10.4 Å². The second kappa shape index (κ2) is 5.77. The van der Waals surface area contributed by atoms with Gasteiger partial charge in [0.2, 0.25) is 0 Å². The summed E-state index contributed by atoms with van der Waals surface area (Å²) in [7, 11) is 1.82. The van der Waals surface area contributed by atoms with Crippen LogP contribution < -0.4 is 4.90 Å². The summed E-state index contributed by atoms with van der Waals surface area (Å²) in [5.41, 5.74) is 0.588. The molecule has 21 heavy (non-hydrogen) atoms. The van der Waals surface area contributed by atoms with Crippen molar-refractivity contribution in [1.82, 2.24) is 19.9 Å². The van der Waals surface area contributed by atoms with E-state index in [1.54, 1.807) is 42.0 Å². The number of aromatic nitrogens is 3. The summed E-state index contributed by atoms with van der Waals surface area (Å²) < 4.78 is 0.802. The molecule has 1 aliphatic heterocycles. The van der Waals surface area contributed by atoms with Gasteiger partial charge in [0.05, 0.1) is 17.8 Å². The van der Waals surface area contributed by atoms with Crippen LogP contribution in [0.4, 0.5) is 5.82 Å². The molecule has 0 spiro atoms. The van der Waals surface area contributed by atoms with E-state index in [0.29, 0.717) is 5.56 Å². The fourth-order valence-corrected chi connectivity index (χ4v) is 2.60. The average Bonchev–Trinajstić information content (AvgIpc) is 2.46. The van der Waals surface area contributed by atoms with Gasteiger partial charge in [-0.1, -0.05) is 0 Å². The zero-order chi connectivity index (χ0) is 14.8. The van der Waals surface area contributed by atoms with Gasteiger partial charge in [-0.15, -0.1) is 0 Å². The molecule has 1 fully saturated rings. The molecule has 7 heteroatoms. The molecule has 2 aromatic rings. The van der Waals surface area contributed by atoms with E-state index in [9.17, 15) is 4.79 Å². The Morgan fingerprint density at radius 3 is 2.76 bits per heavy atom. The zero-order valence-electron chi connectivity index (χ0n) is 11.5. The molecule has 1 saturated heterocycles. The predicted molar refractivity (Wildman–Crippen MR) is 82.1 cm³/mol. The van der Waals surface area contributed by atoms with E-state index < -0.39 is 0 Å². The molecule has 0 aliphatic carbocycles. The standard InChI is InChI=1S/C14H14BrN5O/c1-19(14(21)10-4-11(15)6-17-5-10)12-8-20(9-12)13-7-16-2-3-18-13/h2-7,12H,8-9H2,1H3. The number of carbonyl (C=O) groups excluding carboxylic acids is 1. The summed E-state index contributed by atoms with van der Waals surface area (Å²) in [6.07, 6.45) is 8.30. The first-order valence-corrected chi connectivity index (χ1v) is 7.33. The van der Waals surface area contributed by atoms with Crippen LogP contribution in [-0.2, 0) is 0 Å². The lowest BCUT2D eigenvalue weighted by molar-refractivity contribution is 0.0704. The van der Waals surface area contributed by atoms with E-state index >= 15 is 0 Å². The minimum atomic E-state index is -0.0207. The summed E-state index contributed by atoms with van der Waals surface area (Å²) >= 11 is 3.33. The van der Waals surface area contributed by atoms with Gasteiger partial charge in [-0.05, 0) is 22.0 Å². The molecule has 0 saturated carbocycles. The Bertz CT molecular complexity index is 645. The van der Waals surface area contributed by atoms with Crippen LogP contribution in [0.25, 0.3) is 0 Å². The van der Waals surface area contributed by atoms with Crippen molar-refractivity contribution in [3.05, 3.63) is 47.1 Å². The van der Waals surface area contributed by atoms with Crippen molar-refractivity contribution in [1.29, 1.82) is 0 Å². The summed E-state index contributed by atoms with van der Waals surface area (Å²) in [4.78, 5) is 28.6. The summed E-state index contributed by atoms with van der Waals surface area (Å²) in [6.45, 7) is 1.53. The Morgan fingerprint density at radius 2 is 2.10 bits per heavy atom. The van der Waals surface area contributed by atoms with Crippen LogP contribution in [0.15, 0.2) is 41.5 Å². The third-order valence-corrected chi connectivity index (χ3v) is 3.99. The summed E-state index contributed by atoms with van der Waals surface area (Å²) in [5, 5.41) is 0. The molecule has 0 aromatic carbocycles. The van der Waals surface area contributed by atoms with Gasteiger partial charge in [-0.3, -0.25) is 14.8 Å². The van der Waals surface area contributed by atoms with Crippen molar-refractivity contribution in [2.45, 2.75) is 6.04 Å². The quantitative estimate of drug-likeness (QED) is 0.843. The number of rotatable bonds is 3. The highest BCUT2D eigenvalue weighted by atomic mass is 79.9. The van der Waals surface area contributed by atoms with Gasteiger partial charge in [0, 0.05) is 49.4 Å². The lowest BCUT2D eigenvalue weighted by atomic mass is 10.1. The first-order chi connectivity index (χ1) is 10.1. The average molecular weight is 348 g/mol. The lowest BCUT2D eigenvalue weighted by Gasteiger charge is -2.44. The zero-order valence-corrected chi connectivity index (χ0v) is 13.1. The van der Waals surface area contributed by atoms with Crippen LogP contribution in [-0.4, -0.2) is 51.9 Å². The number of amides is 1. The first-order valence-electron chi connectivity index (χ1n) is 6.54. The minimum absolute atomic E-state index is 0.0207. The van der Waals surface area contributed by atoms with Gasteiger partial charge in [-0.2, -0.15) is 0 Å². The lowest BCUT2D eigenvalue weighted by Crippen LogP contribution is -2.60. The molecule has 1 aliphatic rings. The number of likely N-dealkylation sites (N-methyl/N-ethyl adjacent to an activating group) is 1. The number of halogens is 1. The Morgan fingerprint density at radius 1 is 1.29 bits per heavy atom. The molecule has 0 bridgehead atoms. The molecule has 108 valence electrons. The molecule has 1 amide bonds. The van der Waals surface area contributed by atoms with Gasteiger partial charge in [-0.25, -0.2) is 4.98 Å². The molecule has 0 N–H and O–H groups in total. The Hall–Kier alpha value is -2.02. The van der Waals surface area contributed by atoms with Gasteiger partial charge in [0.25, 0.3) is 5.91 Å². The van der Waals surface area contributed by atoms with Gasteiger partial charge in [0.15, 0.2) is 0 Å². The fourth-order valence-electron chi connectivity index (χ4n) is 2.24. The molecular formula is C14H14BrN5O. The molecular weight excluding hydrogens is 334 g/mol. The maximum Gasteiger partial charge on any atom is 0.255 e. The topological polar surface area (TPSA) is 62.2 Å². The van der Waals surface area contributed by atoms with Gasteiger partial charge < -0.3 is 9.80 Å². The highest BCUT2D eigenvalue weighted by Crippen LogP contribution is 2.21. The van der Waals surface area contributed by atoms with E-state index in [4.69, 9.17) is 0 Å². The number of pyridine rings is 1. The van der Waals surface area contributed by atoms with E-state index in [1.165, 1.54) is 0 Å². The third-order valence-electron chi connectivity index (χ3n) is 3.56. The number of nitrogens with zero attached hydrogens (tertiary/aromatic N) is 5. The molecule has 0 atom stereocenters. The maximum atomic E-state index is 12.4. The van der Waals surface area contributed by atoms with E-state index in [1.807, 2.05) is 7.05 Å². The number of hydrogen-bond acceptors (Lipinski definition) is 5. The van der Waals surface area contributed by atoms with Crippen LogP contribution in [0.3, 0.4) is 0 Å². The Labute approximate surface area is 131 Å². The Balaban J connectivity index is 1.63. The van der Waals surface area contributed by atoms with Crippen LogP contribution >= 0.6 is 15.9 Å². The van der Waals surface area contributed by atoms with Crippen molar-refractivity contribution in [3.63, 3.8) is 0 Å². The molecule has 3 heterocycles. The highest BCUT2D eigenvalue weighted by molar-refractivity contribution is 9.10. The Kier molecular flexibility index (Phi) is 3.83. The molecule has 6 nitrogen and oxygen atoms in total. The van der Waals surface area contributed by atoms with Crippen molar-refractivity contribution < 1.29 is 4.79 Å². The SMILES string of the molecule is CN(C(=O)c1cncc(Br)c1)C1CN(c2cnccn2)C1. The van der Waals surface area contributed by atoms with Crippen molar-refractivity contribution >= 4 is 27.7 Å². The monoisotopic (exact) mass is 347 g/mol. The second-order valence-electron chi connectivity index (χ2n) is 4.93. The molecule has 2 aromatic heterocycles. The van der Waals surface area contributed by atoms with Crippen molar-refractivity contribution in [2.75, 3.05) is 25.0 Å². The fraction of sp³-hybridized carbons (Fsp3) is 0.286. The molecule has 0 radical (unpaired) electrons. The molecule has 3 rings (SSSR count). The largest absolute Gasteiger partial charge is 0.351 e. The van der Waals surface area contributed by atoms with Gasteiger partial charge in [0.1, 0.15) is 5.82 Å². The van der Waals surface area contributed by atoms with Gasteiger partial charge >= 0.3 is 0 Å². The van der Waals surface area contributed by atoms with Crippen LogP contribution in [0.2, 0.25) is 0 Å². The number of hydrogen-bond donors (Lipinski definition) is 0. The maximum absolute atomic E-state index is 12.4. The van der Waals surface area contributed by atoms with Crippen LogP contribution in [0.5, 0.6) is 0 Å². The van der Waals surface area contributed by atoms with E-state index in [2.05, 4.69) is 35.8 Å². The minimum Gasteiger partial charge on any atom is -0.351 e. The highest BCUT2D eigenvalue weighted by Gasteiger charge is 2.33. The first kappa shape index (κ1) is 13.9. The van der Waals surface area contributed by atoms with E-state index in [-0.39, 0.29) is 11.9 Å². The number of anilines is 1. The smallest absolute Gasteiger partial charge is 0.255 e. The summed E-state index contributed by atoms with van der Waals surface area (Å²) in [5.74, 6) is 0.825. The normalized spacial score (nSPS) is 14.7. The predicted octanol–water partition coefficient (Wildman–Crippen LogP) is 1.59. The van der Waals surface area contributed by atoms with E-state index in [0.717, 1.165) is 23.4 Å². The third kappa shape index (κ3) is 2.87. The van der Waals surface area contributed by atoms with Crippen molar-refractivity contribution in [2.24, 2.45) is 0 Å². The summed E-state index contributed by atoms with van der Waals surface area (Å²) in [6, 6.07) is 1.96.